The molecule has 0 aromatic carbocycles. The molecule has 2 bridgehead atoms. The highest BCUT2D eigenvalue weighted by Gasteiger charge is 2.42. The molecule has 2 saturated heterocycles. The number of likely N-dealkylation sites (tertiary alicyclic amines) is 1. The molecule has 3 aliphatic rings. The first kappa shape index (κ1) is 18.7. The zero-order valence-electron chi connectivity index (χ0n) is 16.0. The van der Waals surface area contributed by atoms with Crippen LogP contribution in [0, 0.1) is 5.82 Å². The normalized spacial score (nSPS) is 23.9. The van der Waals surface area contributed by atoms with E-state index in [1.54, 1.807) is 6.07 Å². The molecule has 5 heterocycles. The Balaban J connectivity index is 1.22. The Hall–Kier alpha value is -2.32. The average molecular weight is 417 g/mol. The Labute approximate surface area is 173 Å². The smallest absolute Gasteiger partial charge is 0.237 e. The highest BCUT2D eigenvalue weighted by atomic mass is 35.5. The predicted molar refractivity (Wildman–Crippen MR) is 106 cm³/mol. The topological polar surface area (TPSA) is 65.5 Å². The second-order valence-corrected chi connectivity index (χ2v) is 8.38. The number of rotatable bonds is 3. The monoisotopic (exact) mass is 416 g/mol. The van der Waals surface area contributed by atoms with Crippen LogP contribution >= 0.6 is 11.6 Å². The fraction of sp³-hybridized carbons (Fsp3) is 0.500. The number of carbonyl (C=O) groups is 1. The van der Waals surface area contributed by atoms with Crippen LogP contribution in [0.1, 0.15) is 24.1 Å². The van der Waals surface area contributed by atoms with Gasteiger partial charge in [0.05, 0.1) is 18.9 Å². The van der Waals surface area contributed by atoms with E-state index in [1.165, 1.54) is 12.4 Å². The molecule has 2 aromatic rings. The molecule has 2 aromatic heterocycles. The maximum Gasteiger partial charge on any atom is 0.237 e. The molecule has 0 spiro atoms. The quantitative estimate of drug-likeness (QED) is 0.712. The minimum Gasteiger partial charge on any atom is -0.337 e. The lowest BCUT2D eigenvalue weighted by Gasteiger charge is -2.41. The van der Waals surface area contributed by atoms with Gasteiger partial charge in [-0.3, -0.25) is 9.69 Å². The van der Waals surface area contributed by atoms with Gasteiger partial charge in [0, 0.05) is 50.4 Å². The van der Waals surface area contributed by atoms with E-state index in [-0.39, 0.29) is 18.0 Å². The number of hydrogen-bond donors (Lipinski definition) is 0. The summed E-state index contributed by atoms with van der Waals surface area (Å²) in [6.07, 6.45) is 5.25. The number of halogens is 2. The fourth-order valence-electron chi connectivity index (χ4n) is 4.78. The molecule has 5 rings (SSSR count). The second-order valence-electron chi connectivity index (χ2n) is 7.99. The van der Waals surface area contributed by atoms with Gasteiger partial charge in [-0.05, 0) is 24.5 Å². The van der Waals surface area contributed by atoms with Crippen molar-refractivity contribution in [3.63, 3.8) is 0 Å². The number of carbonyl (C=O) groups excluding carboxylic acids is 1. The zero-order valence-corrected chi connectivity index (χ0v) is 16.7. The van der Waals surface area contributed by atoms with Gasteiger partial charge in [-0.1, -0.05) is 17.7 Å². The Kier molecular flexibility index (Phi) is 4.83. The predicted octanol–water partition coefficient (Wildman–Crippen LogP) is 1.90. The van der Waals surface area contributed by atoms with Crippen molar-refractivity contribution in [1.82, 2.24) is 24.8 Å². The van der Waals surface area contributed by atoms with E-state index in [1.807, 2.05) is 11.0 Å². The molecule has 0 aliphatic carbocycles. The standard InChI is InChI=1S/C20H22ClFN6O/c21-18-4-1-13-9-27(6-5-17(13)25-18)19(29)12-26-10-15-2-3-16(11-26)28(15)20-23-7-14(22)8-24-20/h1,4,7-8,15-16H,2-3,5-6,9-12H2. The lowest BCUT2D eigenvalue weighted by molar-refractivity contribution is -0.133. The third-order valence-corrected chi connectivity index (χ3v) is 6.33. The Morgan fingerprint density at radius 1 is 1.17 bits per heavy atom. The van der Waals surface area contributed by atoms with E-state index in [0.717, 1.165) is 43.6 Å². The molecule has 29 heavy (non-hydrogen) atoms. The first-order valence-corrected chi connectivity index (χ1v) is 10.3. The highest BCUT2D eigenvalue weighted by Crippen LogP contribution is 2.33. The molecule has 0 saturated carbocycles. The van der Waals surface area contributed by atoms with Crippen LogP contribution in [0.5, 0.6) is 0 Å². The zero-order chi connectivity index (χ0) is 20.0. The summed E-state index contributed by atoms with van der Waals surface area (Å²) in [5.74, 6) is 0.311. The van der Waals surface area contributed by atoms with Crippen LogP contribution in [0.4, 0.5) is 10.3 Å². The fourth-order valence-corrected chi connectivity index (χ4v) is 4.94. The third kappa shape index (κ3) is 3.67. The lowest BCUT2D eigenvalue weighted by atomic mass is 10.1. The molecular weight excluding hydrogens is 395 g/mol. The van der Waals surface area contributed by atoms with Crippen molar-refractivity contribution in [2.45, 2.75) is 37.9 Å². The number of nitrogens with zero attached hydrogens (tertiary/aromatic N) is 6. The van der Waals surface area contributed by atoms with E-state index in [0.29, 0.717) is 30.7 Å². The maximum absolute atomic E-state index is 13.2. The van der Waals surface area contributed by atoms with Crippen LogP contribution < -0.4 is 4.90 Å². The molecule has 0 N–H and O–H groups in total. The van der Waals surface area contributed by atoms with Gasteiger partial charge in [-0.25, -0.2) is 19.3 Å². The molecule has 1 amide bonds. The number of fused-ring (bicyclic) bond motifs is 3. The summed E-state index contributed by atoms with van der Waals surface area (Å²) in [7, 11) is 0. The van der Waals surface area contributed by atoms with E-state index in [9.17, 15) is 9.18 Å². The van der Waals surface area contributed by atoms with E-state index in [2.05, 4.69) is 24.8 Å². The van der Waals surface area contributed by atoms with Gasteiger partial charge in [0.25, 0.3) is 0 Å². The molecular formula is C20H22ClFN6O. The van der Waals surface area contributed by atoms with Crippen molar-refractivity contribution in [1.29, 1.82) is 0 Å². The second kappa shape index (κ2) is 7.50. The number of amides is 1. The third-order valence-electron chi connectivity index (χ3n) is 6.12. The van der Waals surface area contributed by atoms with Gasteiger partial charge in [0.15, 0.2) is 5.82 Å². The Bertz CT molecular complexity index is 912. The number of pyridine rings is 1. The minimum atomic E-state index is -0.425. The van der Waals surface area contributed by atoms with Crippen molar-refractivity contribution >= 4 is 23.5 Å². The largest absolute Gasteiger partial charge is 0.337 e. The van der Waals surface area contributed by atoms with Crippen molar-refractivity contribution in [2.24, 2.45) is 0 Å². The summed E-state index contributed by atoms with van der Waals surface area (Å²) in [5.41, 5.74) is 2.07. The van der Waals surface area contributed by atoms with E-state index >= 15 is 0 Å². The minimum absolute atomic E-state index is 0.150. The number of hydrogen-bond acceptors (Lipinski definition) is 6. The van der Waals surface area contributed by atoms with Crippen LogP contribution in [0.25, 0.3) is 0 Å². The molecule has 152 valence electrons. The maximum atomic E-state index is 13.2. The first-order chi connectivity index (χ1) is 14.1. The van der Waals surface area contributed by atoms with E-state index in [4.69, 9.17) is 11.6 Å². The molecule has 7 nitrogen and oxygen atoms in total. The SMILES string of the molecule is O=C(CN1CC2CCC(C1)N2c1ncc(F)cn1)N1CCc2nc(Cl)ccc2C1. The van der Waals surface area contributed by atoms with Crippen molar-refractivity contribution < 1.29 is 9.18 Å². The molecule has 0 radical (unpaired) electrons. The van der Waals surface area contributed by atoms with Crippen LogP contribution in [0.3, 0.4) is 0 Å². The van der Waals surface area contributed by atoms with Crippen molar-refractivity contribution in [3.8, 4) is 0 Å². The summed E-state index contributed by atoms with van der Waals surface area (Å²) < 4.78 is 13.2. The average Bonchev–Trinajstić information content (AvgIpc) is 2.98. The summed E-state index contributed by atoms with van der Waals surface area (Å²) in [4.78, 5) is 32.0. The molecule has 3 aliphatic heterocycles. The lowest BCUT2D eigenvalue weighted by Crippen LogP contribution is -2.56. The number of aromatic nitrogens is 3. The van der Waals surface area contributed by atoms with Crippen LogP contribution in [0.15, 0.2) is 24.5 Å². The van der Waals surface area contributed by atoms with E-state index < -0.39 is 5.82 Å². The Morgan fingerprint density at radius 2 is 1.90 bits per heavy atom. The van der Waals surface area contributed by atoms with Gasteiger partial charge in [0.1, 0.15) is 5.15 Å². The molecule has 9 heteroatoms. The van der Waals surface area contributed by atoms with Crippen LogP contribution in [-0.4, -0.2) is 68.9 Å². The molecule has 2 unspecified atom stereocenters. The van der Waals surface area contributed by atoms with Gasteiger partial charge in [-0.2, -0.15) is 0 Å². The van der Waals surface area contributed by atoms with Gasteiger partial charge in [0.2, 0.25) is 11.9 Å². The van der Waals surface area contributed by atoms with Crippen LogP contribution in [-0.2, 0) is 17.8 Å². The number of anilines is 1. The first-order valence-electron chi connectivity index (χ1n) is 9.97. The van der Waals surface area contributed by atoms with Crippen LogP contribution in [0.2, 0.25) is 5.15 Å². The van der Waals surface area contributed by atoms with Crippen molar-refractivity contribution in [2.75, 3.05) is 31.1 Å². The highest BCUT2D eigenvalue weighted by molar-refractivity contribution is 6.29. The summed E-state index contributed by atoms with van der Waals surface area (Å²) >= 11 is 5.97. The summed E-state index contributed by atoms with van der Waals surface area (Å²) in [6.45, 7) is 3.28. The Morgan fingerprint density at radius 3 is 2.62 bits per heavy atom. The van der Waals surface area contributed by atoms with Crippen molar-refractivity contribution in [3.05, 3.63) is 46.8 Å². The summed E-state index contributed by atoms with van der Waals surface area (Å²) in [6, 6.07) is 4.27. The van der Waals surface area contributed by atoms with Gasteiger partial charge >= 0.3 is 0 Å². The van der Waals surface area contributed by atoms with Gasteiger partial charge < -0.3 is 9.80 Å². The molecule has 2 atom stereocenters. The van der Waals surface area contributed by atoms with Gasteiger partial charge in [-0.15, -0.1) is 0 Å². The molecule has 2 fully saturated rings. The number of piperazine rings is 1. The summed E-state index contributed by atoms with van der Waals surface area (Å²) in [5, 5.41) is 0.502.